The Labute approximate surface area is 163 Å². The van der Waals surface area contributed by atoms with Gasteiger partial charge in [0.1, 0.15) is 11.5 Å². The van der Waals surface area contributed by atoms with E-state index in [2.05, 4.69) is 25.5 Å². The van der Waals surface area contributed by atoms with Crippen molar-refractivity contribution in [3.05, 3.63) is 65.7 Å². The van der Waals surface area contributed by atoms with Gasteiger partial charge in [0, 0.05) is 31.2 Å². The Balaban J connectivity index is 1.45. The van der Waals surface area contributed by atoms with Gasteiger partial charge in [0.15, 0.2) is 5.82 Å². The predicted octanol–water partition coefficient (Wildman–Crippen LogP) is 1.40. The van der Waals surface area contributed by atoms with Gasteiger partial charge < -0.3 is 26.0 Å². The lowest BCUT2D eigenvalue weighted by Crippen LogP contribution is -2.37. The summed E-state index contributed by atoms with van der Waals surface area (Å²) in [7, 11) is 0. The molecule has 0 spiro atoms. The number of hydrogen-bond acceptors (Lipinski definition) is 7. The van der Waals surface area contributed by atoms with Gasteiger partial charge in [-0.1, -0.05) is 24.3 Å². The van der Waals surface area contributed by atoms with E-state index in [-0.39, 0.29) is 23.5 Å². The summed E-state index contributed by atoms with van der Waals surface area (Å²) in [6, 6.07) is 12.9. The second-order valence-electron chi connectivity index (χ2n) is 6.53. The maximum absolute atomic E-state index is 12.6. The zero-order chi connectivity index (χ0) is 19.3. The first kappa shape index (κ1) is 18.0. The van der Waals surface area contributed by atoms with Crippen molar-refractivity contribution >= 4 is 23.6 Å². The van der Waals surface area contributed by atoms with Crippen LogP contribution >= 0.6 is 0 Å². The average molecular weight is 378 g/mol. The van der Waals surface area contributed by atoms with Crippen LogP contribution in [0.15, 0.2) is 65.2 Å². The van der Waals surface area contributed by atoms with Crippen LogP contribution in [0.25, 0.3) is 0 Å². The number of morpholine rings is 1. The highest BCUT2D eigenvalue weighted by Gasteiger charge is 2.23. The van der Waals surface area contributed by atoms with Gasteiger partial charge in [0.2, 0.25) is 0 Å². The maximum Gasteiger partial charge on any atom is 0.275 e. The number of nitrogens with two attached hydrogens (primary N) is 1. The summed E-state index contributed by atoms with van der Waals surface area (Å²) >= 11 is 0. The Kier molecular flexibility index (Phi) is 5.20. The van der Waals surface area contributed by atoms with Gasteiger partial charge in [-0.05, 0) is 23.8 Å². The molecule has 1 amide bonds. The molecule has 8 heteroatoms. The molecular formula is C20H22N6O2. The number of amides is 1. The van der Waals surface area contributed by atoms with Gasteiger partial charge in [0.05, 0.1) is 19.3 Å². The maximum atomic E-state index is 12.6. The Morgan fingerprint density at radius 1 is 1.18 bits per heavy atom. The molecule has 1 aromatic carbocycles. The molecule has 2 aliphatic rings. The number of rotatable bonds is 4. The SMILES string of the molecule is NC1=C(C(=O)Nc2ccccc2)NC(c2ccc(N3CCOCC3)nc2)C=N1. The highest BCUT2D eigenvalue weighted by atomic mass is 16.5. The van der Waals surface area contributed by atoms with Crippen molar-refractivity contribution in [1.29, 1.82) is 0 Å². The summed E-state index contributed by atoms with van der Waals surface area (Å²) in [5, 5.41) is 5.98. The van der Waals surface area contributed by atoms with Crippen LogP contribution in [-0.4, -0.2) is 43.4 Å². The number of aromatic nitrogens is 1. The van der Waals surface area contributed by atoms with E-state index in [9.17, 15) is 4.79 Å². The van der Waals surface area contributed by atoms with Crippen LogP contribution in [0, 0.1) is 0 Å². The molecule has 1 saturated heterocycles. The predicted molar refractivity (Wildman–Crippen MR) is 108 cm³/mol. The number of nitrogens with zero attached hydrogens (tertiary/aromatic N) is 3. The molecule has 1 fully saturated rings. The molecule has 1 unspecified atom stereocenters. The fourth-order valence-electron chi connectivity index (χ4n) is 3.11. The van der Waals surface area contributed by atoms with Crippen molar-refractivity contribution in [2.75, 3.05) is 36.5 Å². The van der Waals surface area contributed by atoms with E-state index in [0.29, 0.717) is 18.9 Å². The normalized spacial score (nSPS) is 19.3. The molecule has 0 radical (unpaired) electrons. The lowest BCUT2D eigenvalue weighted by Gasteiger charge is -2.28. The number of anilines is 2. The van der Waals surface area contributed by atoms with Gasteiger partial charge in [-0.2, -0.15) is 0 Å². The number of benzene rings is 1. The molecule has 3 heterocycles. The molecule has 8 nitrogen and oxygen atoms in total. The third-order valence-electron chi connectivity index (χ3n) is 4.64. The van der Waals surface area contributed by atoms with E-state index in [4.69, 9.17) is 10.5 Å². The highest BCUT2D eigenvalue weighted by Crippen LogP contribution is 2.21. The van der Waals surface area contributed by atoms with Crippen molar-refractivity contribution in [3.63, 3.8) is 0 Å². The number of carbonyl (C=O) groups excluding carboxylic acids is 1. The minimum Gasteiger partial charge on any atom is -0.382 e. The van der Waals surface area contributed by atoms with Crippen LogP contribution in [0.1, 0.15) is 11.6 Å². The van der Waals surface area contributed by atoms with Crippen LogP contribution in [-0.2, 0) is 9.53 Å². The first-order chi connectivity index (χ1) is 13.7. The minimum absolute atomic E-state index is 0.155. The topological polar surface area (TPSA) is 105 Å². The van der Waals surface area contributed by atoms with Crippen molar-refractivity contribution < 1.29 is 9.53 Å². The third kappa shape index (κ3) is 3.96. The molecule has 4 rings (SSSR count). The van der Waals surface area contributed by atoms with Gasteiger partial charge in [-0.3, -0.25) is 4.79 Å². The number of carbonyl (C=O) groups is 1. The van der Waals surface area contributed by atoms with Crippen LogP contribution in [0.3, 0.4) is 0 Å². The molecule has 1 aromatic heterocycles. The summed E-state index contributed by atoms with van der Waals surface area (Å²) in [6.45, 7) is 3.09. The molecule has 2 aromatic rings. The fraction of sp³-hybridized carbons (Fsp3) is 0.250. The van der Waals surface area contributed by atoms with E-state index < -0.39 is 0 Å². The average Bonchev–Trinajstić information content (AvgIpc) is 2.75. The number of aliphatic imine (C=N–C) groups is 1. The number of ether oxygens (including phenoxy) is 1. The Hall–Kier alpha value is -3.39. The molecule has 0 aliphatic carbocycles. The highest BCUT2D eigenvalue weighted by molar-refractivity contribution is 6.04. The second kappa shape index (κ2) is 8.10. The summed E-state index contributed by atoms with van der Waals surface area (Å²) in [5.41, 5.74) is 7.76. The fourth-order valence-corrected chi connectivity index (χ4v) is 3.11. The number of hydrogen-bond donors (Lipinski definition) is 3. The smallest absolute Gasteiger partial charge is 0.275 e. The first-order valence-corrected chi connectivity index (χ1v) is 9.16. The lowest BCUT2D eigenvalue weighted by atomic mass is 10.1. The molecule has 144 valence electrons. The zero-order valence-corrected chi connectivity index (χ0v) is 15.3. The Morgan fingerprint density at radius 2 is 1.96 bits per heavy atom. The van der Waals surface area contributed by atoms with Gasteiger partial charge in [-0.15, -0.1) is 0 Å². The minimum atomic E-state index is -0.330. The molecule has 0 bridgehead atoms. The van der Waals surface area contributed by atoms with Crippen LogP contribution < -0.4 is 21.3 Å². The van der Waals surface area contributed by atoms with Gasteiger partial charge >= 0.3 is 0 Å². The van der Waals surface area contributed by atoms with E-state index in [1.54, 1.807) is 12.4 Å². The summed E-state index contributed by atoms with van der Waals surface area (Å²) in [5.74, 6) is 0.739. The van der Waals surface area contributed by atoms with E-state index >= 15 is 0 Å². The van der Waals surface area contributed by atoms with Crippen molar-refractivity contribution in [3.8, 4) is 0 Å². The first-order valence-electron chi connectivity index (χ1n) is 9.16. The number of para-hydroxylation sites is 1. The lowest BCUT2D eigenvalue weighted by molar-refractivity contribution is -0.113. The van der Waals surface area contributed by atoms with Crippen molar-refractivity contribution in [1.82, 2.24) is 10.3 Å². The molecular weight excluding hydrogens is 356 g/mol. The molecule has 0 saturated carbocycles. The third-order valence-corrected chi connectivity index (χ3v) is 4.64. The van der Waals surface area contributed by atoms with Crippen molar-refractivity contribution in [2.45, 2.75) is 6.04 Å². The zero-order valence-electron chi connectivity index (χ0n) is 15.3. The van der Waals surface area contributed by atoms with Crippen LogP contribution in [0.2, 0.25) is 0 Å². The van der Waals surface area contributed by atoms with Crippen LogP contribution in [0.4, 0.5) is 11.5 Å². The molecule has 1 atom stereocenters. The largest absolute Gasteiger partial charge is 0.382 e. The summed E-state index contributed by atoms with van der Waals surface area (Å²) in [4.78, 5) is 23.5. The monoisotopic (exact) mass is 378 g/mol. The second-order valence-corrected chi connectivity index (χ2v) is 6.53. The summed E-state index contributed by atoms with van der Waals surface area (Å²) < 4.78 is 5.38. The molecule has 28 heavy (non-hydrogen) atoms. The molecule has 4 N–H and O–H groups in total. The Bertz CT molecular complexity index is 889. The quantitative estimate of drug-likeness (QED) is 0.743. The van der Waals surface area contributed by atoms with E-state index in [1.165, 1.54) is 0 Å². The van der Waals surface area contributed by atoms with Gasteiger partial charge in [-0.25, -0.2) is 9.98 Å². The van der Waals surface area contributed by atoms with Crippen molar-refractivity contribution in [2.24, 2.45) is 10.7 Å². The van der Waals surface area contributed by atoms with E-state index in [1.807, 2.05) is 42.5 Å². The van der Waals surface area contributed by atoms with Crippen LogP contribution in [0.5, 0.6) is 0 Å². The summed E-state index contributed by atoms with van der Waals surface area (Å²) in [6.07, 6.45) is 3.47. The number of nitrogens with one attached hydrogen (secondary N) is 2. The van der Waals surface area contributed by atoms with Gasteiger partial charge in [0.25, 0.3) is 5.91 Å². The molecule has 2 aliphatic heterocycles. The number of pyridine rings is 1. The Morgan fingerprint density at radius 3 is 2.68 bits per heavy atom. The van der Waals surface area contributed by atoms with E-state index in [0.717, 1.165) is 24.5 Å². The standard InChI is InChI=1S/C20H22N6O2/c21-19-18(20(27)24-15-4-2-1-3-5-15)25-16(13-23-19)14-6-7-17(22-12-14)26-8-10-28-11-9-26/h1-7,12-13,16,25H,8-11,21H2,(H,24,27).